The van der Waals surface area contributed by atoms with Crippen LogP contribution in [0.25, 0.3) is 0 Å². The Morgan fingerprint density at radius 2 is 1.76 bits per heavy atom. The number of carbonyl (C=O) groups is 1. The monoisotopic (exact) mass is 412 g/mol. The molecule has 0 aromatic heterocycles. The van der Waals surface area contributed by atoms with Crippen LogP contribution in [0.3, 0.4) is 0 Å². The molecule has 4 rings (SSSR count). The normalized spacial score (nSPS) is 20.1. The standard InChI is InChI=1S/C23H28N2O3S/c1-17-15-18-9-6-7-14-22(18)25(17)23(26)19-10-8-13-21(16-19)29(27,28)24(2)20-11-4-3-5-12-20/h6-10,13-14,16-17,20H,3-5,11-12,15H2,1-2H3. The maximum atomic E-state index is 13.3. The maximum absolute atomic E-state index is 13.3. The molecular weight excluding hydrogens is 384 g/mol. The molecule has 1 amide bonds. The van der Waals surface area contributed by atoms with Crippen LogP contribution in [0.5, 0.6) is 0 Å². The van der Waals surface area contributed by atoms with Crippen LogP contribution in [-0.2, 0) is 16.4 Å². The molecule has 1 fully saturated rings. The number of benzene rings is 2. The van der Waals surface area contributed by atoms with Gasteiger partial charge < -0.3 is 4.90 Å². The number of hydrogen-bond donors (Lipinski definition) is 0. The topological polar surface area (TPSA) is 57.7 Å². The number of para-hydroxylation sites is 1. The number of amides is 1. The van der Waals surface area contributed by atoms with Gasteiger partial charge in [-0.05, 0) is 56.0 Å². The Morgan fingerprint density at radius 1 is 1.03 bits per heavy atom. The van der Waals surface area contributed by atoms with Gasteiger partial charge in [0.1, 0.15) is 0 Å². The van der Waals surface area contributed by atoms with E-state index in [0.717, 1.165) is 43.4 Å². The third-order valence-corrected chi connectivity index (χ3v) is 8.18. The summed E-state index contributed by atoms with van der Waals surface area (Å²) in [5.41, 5.74) is 2.47. The summed E-state index contributed by atoms with van der Waals surface area (Å²) in [6, 6.07) is 14.5. The molecule has 2 aromatic carbocycles. The third kappa shape index (κ3) is 3.71. The Bertz CT molecular complexity index is 1010. The first kappa shape index (κ1) is 20.1. The molecule has 0 saturated heterocycles. The first-order valence-corrected chi connectivity index (χ1v) is 11.8. The first-order chi connectivity index (χ1) is 13.9. The maximum Gasteiger partial charge on any atom is 0.258 e. The quantitative estimate of drug-likeness (QED) is 0.755. The van der Waals surface area contributed by atoms with Gasteiger partial charge in [0.2, 0.25) is 10.0 Å². The fourth-order valence-electron chi connectivity index (χ4n) is 4.61. The predicted molar refractivity (Wildman–Crippen MR) is 115 cm³/mol. The molecule has 29 heavy (non-hydrogen) atoms. The van der Waals surface area contributed by atoms with E-state index in [4.69, 9.17) is 0 Å². The van der Waals surface area contributed by atoms with Gasteiger partial charge >= 0.3 is 0 Å². The van der Waals surface area contributed by atoms with Crippen molar-refractivity contribution < 1.29 is 13.2 Å². The van der Waals surface area contributed by atoms with Crippen molar-refractivity contribution in [1.82, 2.24) is 4.31 Å². The second-order valence-corrected chi connectivity index (χ2v) is 10.2. The number of nitrogens with zero attached hydrogens (tertiary/aromatic N) is 2. The molecule has 0 bridgehead atoms. The molecule has 1 atom stereocenters. The predicted octanol–water partition coefficient (Wildman–Crippen LogP) is 4.23. The highest BCUT2D eigenvalue weighted by Crippen LogP contribution is 2.33. The molecule has 1 aliphatic heterocycles. The van der Waals surface area contributed by atoms with E-state index in [0.29, 0.717) is 5.56 Å². The van der Waals surface area contributed by atoms with Crippen LogP contribution < -0.4 is 4.90 Å². The molecule has 154 valence electrons. The Labute approximate surface area is 173 Å². The van der Waals surface area contributed by atoms with Crippen LogP contribution in [0.4, 0.5) is 5.69 Å². The van der Waals surface area contributed by atoms with Crippen LogP contribution >= 0.6 is 0 Å². The second kappa shape index (κ2) is 7.92. The van der Waals surface area contributed by atoms with Gasteiger partial charge in [-0.1, -0.05) is 43.5 Å². The lowest BCUT2D eigenvalue weighted by Gasteiger charge is -2.30. The summed E-state index contributed by atoms with van der Waals surface area (Å²) < 4.78 is 27.9. The molecule has 1 unspecified atom stereocenters. The van der Waals surface area contributed by atoms with Crippen molar-refractivity contribution in [3.05, 3.63) is 59.7 Å². The zero-order valence-corrected chi connectivity index (χ0v) is 17.9. The highest BCUT2D eigenvalue weighted by Gasteiger charge is 2.33. The van der Waals surface area contributed by atoms with Crippen LogP contribution in [0.2, 0.25) is 0 Å². The van der Waals surface area contributed by atoms with Crippen molar-refractivity contribution in [1.29, 1.82) is 0 Å². The van der Waals surface area contributed by atoms with Crippen molar-refractivity contribution in [3.63, 3.8) is 0 Å². The SMILES string of the molecule is CC1Cc2ccccc2N1C(=O)c1cccc(S(=O)(=O)N(C)C2CCCCC2)c1. The average Bonchev–Trinajstić information content (AvgIpc) is 3.09. The number of hydrogen-bond acceptors (Lipinski definition) is 3. The molecule has 2 aromatic rings. The Kier molecular flexibility index (Phi) is 5.49. The summed E-state index contributed by atoms with van der Waals surface area (Å²) in [5.74, 6) is -0.153. The van der Waals surface area contributed by atoms with Gasteiger partial charge in [-0.25, -0.2) is 8.42 Å². The summed E-state index contributed by atoms with van der Waals surface area (Å²) >= 11 is 0. The summed E-state index contributed by atoms with van der Waals surface area (Å²) in [5, 5.41) is 0. The largest absolute Gasteiger partial charge is 0.305 e. The van der Waals surface area contributed by atoms with Crippen LogP contribution in [0, 0.1) is 0 Å². The van der Waals surface area contributed by atoms with Gasteiger partial charge in [0, 0.05) is 30.4 Å². The Balaban J connectivity index is 1.63. The molecule has 1 aliphatic carbocycles. The van der Waals surface area contributed by atoms with E-state index in [1.165, 1.54) is 16.8 Å². The molecule has 0 N–H and O–H groups in total. The molecule has 5 nitrogen and oxygen atoms in total. The molecule has 6 heteroatoms. The van der Waals surface area contributed by atoms with Gasteiger partial charge in [-0.15, -0.1) is 0 Å². The van der Waals surface area contributed by atoms with E-state index in [2.05, 4.69) is 0 Å². The minimum atomic E-state index is -3.63. The molecular formula is C23H28N2O3S. The number of rotatable bonds is 4. The zero-order chi connectivity index (χ0) is 20.6. The molecule has 1 heterocycles. The average molecular weight is 413 g/mol. The minimum Gasteiger partial charge on any atom is -0.305 e. The number of sulfonamides is 1. The smallest absolute Gasteiger partial charge is 0.258 e. The lowest BCUT2D eigenvalue weighted by atomic mass is 9.96. The first-order valence-electron chi connectivity index (χ1n) is 10.4. The van der Waals surface area contributed by atoms with Crippen molar-refractivity contribution in [2.75, 3.05) is 11.9 Å². The van der Waals surface area contributed by atoms with Crippen molar-refractivity contribution in [2.24, 2.45) is 0 Å². The summed E-state index contributed by atoms with van der Waals surface area (Å²) in [7, 11) is -1.96. The summed E-state index contributed by atoms with van der Waals surface area (Å²) in [6.07, 6.45) is 5.91. The van der Waals surface area contributed by atoms with E-state index in [9.17, 15) is 13.2 Å². The van der Waals surface area contributed by atoms with E-state index in [1.54, 1.807) is 30.1 Å². The van der Waals surface area contributed by atoms with Gasteiger partial charge in [-0.3, -0.25) is 4.79 Å². The Hall–Kier alpha value is -2.18. The molecule has 2 aliphatic rings. The van der Waals surface area contributed by atoms with E-state index < -0.39 is 10.0 Å². The zero-order valence-electron chi connectivity index (χ0n) is 17.0. The number of anilines is 1. The number of fused-ring (bicyclic) bond motifs is 1. The fourth-order valence-corrected chi connectivity index (χ4v) is 6.07. The lowest BCUT2D eigenvalue weighted by molar-refractivity contribution is 0.0981. The second-order valence-electron chi connectivity index (χ2n) is 8.20. The Morgan fingerprint density at radius 3 is 2.52 bits per heavy atom. The van der Waals surface area contributed by atoms with Crippen LogP contribution in [0.15, 0.2) is 53.4 Å². The van der Waals surface area contributed by atoms with E-state index >= 15 is 0 Å². The van der Waals surface area contributed by atoms with Gasteiger partial charge in [-0.2, -0.15) is 4.31 Å². The van der Waals surface area contributed by atoms with Crippen molar-refractivity contribution in [3.8, 4) is 0 Å². The van der Waals surface area contributed by atoms with E-state index in [-0.39, 0.29) is 22.9 Å². The van der Waals surface area contributed by atoms with Gasteiger partial charge in [0.25, 0.3) is 5.91 Å². The highest BCUT2D eigenvalue weighted by atomic mass is 32.2. The molecule has 1 saturated carbocycles. The summed E-state index contributed by atoms with van der Waals surface area (Å²) in [6.45, 7) is 2.02. The highest BCUT2D eigenvalue weighted by molar-refractivity contribution is 7.89. The fraction of sp³-hybridized carbons (Fsp3) is 0.435. The van der Waals surface area contributed by atoms with Crippen LogP contribution in [0.1, 0.15) is 54.9 Å². The van der Waals surface area contributed by atoms with Gasteiger partial charge in [0.05, 0.1) is 4.90 Å². The van der Waals surface area contributed by atoms with Crippen LogP contribution in [-0.4, -0.2) is 37.8 Å². The van der Waals surface area contributed by atoms with E-state index in [1.807, 2.05) is 31.2 Å². The summed E-state index contributed by atoms with van der Waals surface area (Å²) in [4.78, 5) is 15.3. The molecule has 0 spiro atoms. The van der Waals surface area contributed by atoms with Crippen molar-refractivity contribution in [2.45, 2.75) is 62.4 Å². The number of carbonyl (C=O) groups excluding carboxylic acids is 1. The lowest BCUT2D eigenvalue weighted by Crippen LogP contribution is -2.38. The third-order valence-electron chi connectivity index (χ3n) is 6.27. The minimum absolute atomic E-state index is 0.0404. The van der Waals surface area contributed by atoms with Gasteiger partial charge in [0.15, 0.2) is 0 Å². The molecule has 0 radical (unpaired) electrons. The van der Waals surface area contributed by atoms with Crippen molar-refractivity contribution >= 4 is 21.6 Å².